The molecule has 4 N–H and O–H groups in total. The van der Waals surface area contributed by atoms with Crippen molar-refractivity contribution in [3.05, 3.63) is 97.1 Å². The molecule has 0 saturated carbocycles. The van der Waals surface area contributed by atoms with E-state index in [1.165, 1.54) is 0 Å². The maximum Gasteiger partial charge on any atom is 0.395 e. The molecule has 0 bridgehead atoms. The first kappa shape index (κ1) is 28.8. The Morgan fingerprint density at radius 3 is 0.711 bits per heavy atom. The van der Waals surface area contributed by atoms with E-state index in [4.69, 9.17) is 18.9 Å². The molecule has 0 aliphatic carbocycles. The Kier molecular flexibility index (Phi) is 10.3. The fourth-order valence-electron chi connectivity index (χ4n) is 3.60. The number of nitrogens with one attached hydrogen (secondary N) is 4. The quantitative estimate of drug-likeness (QED) is 0.181. The van der Waals surface area contributed by atoms with Gasteiger partial charge in [-0.25, -0.2) is 20.3 Å². The molecule has 0 atom stereocenters. The molecule has 0 heterocycles. The monoisotopic (exact) mass is 598 g/mol. The van der Waals surface area contributed by atoms with Gasteiger partial charge in [0.1, 0.15) is 23.0 Å². The Morgan fingerprint density at radius 2 is 0.553 bits per heavy atom. The minimum absolute atomic E-state index is 0. The second kappa shape index (κ2) is 13.7. The molecule has 0 aliphatic heterocycles. The van der Waals surface area contributed by atoms with Gasteiger partial charge in [0.15, 0.2) is 0 Å². The SMILES string of the molecule is COc1ccc(N[P+](Nc2ccc(OC)cc2)(Nc2ccc(OC)cc2)Nc2ccc(OC)cc2)cc1.[Br-]. The summed E-state index contributed by atoms with van der Waals surface area (Å²) in [6.45, 7) is 0. The number of halogens is 1. The van der Waals surface area contributed by atoms with Gasteiger partial charge in [-0.2, -0.15) is 0 Å². The van der Waals surface area contributed by atoms with E-state index in [1.54, 1.807) is 28.4 Å². The molecule has 0 aliphatic rings. The summed E-state index contributed by atoms with van der Waals surface area (Å²) in [5.41, 5.74) is 3.60. The van der Waals surface area contributed by atoms with E-state index in [0.29, 0.717) is 0 Å². The first-order chi connectivity index (χ1) is 18.0. The van der Waals surface area contributed by atoms with Gasteiger partial charge >= 0.3 is 7.87 Å². The zero-order valence-corrected chi connectivity index (χ0v) is 24.2. The summed E-state index contributed by atoms with van der Waals surface area (Å²) >= 11 is 0. The smallest absolute Gasteiger partial charge is 0.395 e. The number of hydrogen-bond donors (Lipinski definition) is 4. The molecule has 10 heteroatoms. The van der Waals surface area contributed by atoms with E-state index in [-0.39, 0.29) is 17.0 Å². The van der Waals surface area contributed by atoms with Crippen molar-refractivity contribution in [3.63, 3.8) is 0 Å². The highest BCUT2D eigenvalue weighted by atomic mass is 79.9. The lowest BCUT2D eigenvalue weighted by Gasteiger charge is -2.30. The lowest BCUT2D eigenvalue weighted by molar-refractivity contribution is -0.00000869. The summed E-state index contributed by atoms with van der Waals surface area (Å²) in [4.78, 5) is 0. The van der Waals surface area contributed by atoms with Crippen LogP contribution in [0.4, 0.5) is 22.7 Å². The fourth-order valence-corrected chi connectivity index (χ4v) is 6.09. The predicted octanol–water partition coefficient (Wildman–Crippen LogP) is 4.15. The van der Waals surface area contributed by atoms with Gasteiger partial charge in [-0.15, -0.1) is 0 Å². The van der Waals surface area contributed by atoms with Crippen LogP contribution in [0.1, 0.15) is 0 Å². The second-order valence-electron chi connectivity index (χ2n) is 8.03. The van der Waals surface area contributed by atoms with Crippen LogP contribution in [0.25, 0.3) is 0 Å². The van der Waals surface area contributed by atoms with Crippen molar-refractivity contribution in [2.45, 2.75) is 0 Å². The Hall–Kier alpha value is -3.81. The molecular weight excluding hydrogens is 567 g/mol. The van der Waals surface area contributed by atoms with Crippen molar-refractivity contribution < 1.29 is 35.9 Å². The zero-order chi connectivity index (χ0) is 26.1. The highest BCUT2D eigenvalue weighted by Crippen LogP contribution is 2.56. The molecule has 0 saturated heterocycles. The molecule has 38 heavy (non-hydrogen) atoms. The van der Waals surface area contributed by atoms with Crippen molar-refractivity contribution >= 4 is 30.6 Å². The van der Waals surface area contributed by atoms with E-state index in [0.717, 1.165) is 45.7 Å². The van der Waals surface area contributed by atoms with Crippen LogP contribution in [0, 0.1) is 0 Å². The van der Waals surface area contributed by atoms with Gasteiger partial charge in [-0.05, 0) is 97.1 Å². The maximum absolute atomic E-state index is 5.35. The highest BCUT2D eigenvalue weighted by Gasteiger charge is 2.41. The average molecular weight is 599 g/mol. The van der Waals surface area contributed by atoms with Crippen molar-refractivity contribution in [3.8, 4) is 23.0 Å². The van der Waals surface area contributed by atoms with Gasteiger partial charge in [0.2, 0.25) is 0 Å². The molecule has 4 aromatic rings. The van der Waals surface area contributed by atoms with E-state index >= 15 is 0 Å². The highest BCUT2D eigenvalue weighted by molar-refractivity contribution is 7.81. The maximum atomic E-state index is 5.35. The molecule has 4 rings (SSSR count). The molecule has 0 unspecified atom stereocenters. The number of ether oxygens (including phenoxy) is 4. The second-order valence-corrected chi connectivity index (χ2v) is 10.3. The van der Waals surface area contributed by atoms with E-state index in [1.807, 2.05) is 97.1 Å². The number of anilines is 4. The average Bonchev–Trinajstić information content (AvgIpc) is 2.94. The van der Waals surface area contributed by atoms with Crippen molar-refractivity contribution in [1.82, 2.24) is 0 Å². The Balaban J connectivity index is 0.00000400. The molecule has 0 fully saturated rings. The van der Waals surface area contributed by atoms with Gasteiger partial charge in [-0.1, -0.05) is 0 Å². The molecule has 0 radical (unpaired) electrons. The third-order valence-corrected chi connectivity index (χ3v) is 7.92. The van der Waals surface area contributed by atoms with Gasteiger partial charge in [0.05, 0.1) is 51.2 Å². The Morgan fingerprint density at radius 1 is 0.368 bits per heavy atom. The lowest BCUT2D eigenvalue weighted by atomic mass is 10.3. The number of hydrogen-bond acceptors (Lipinski definition) is 8. The van der Waals surface area contributed by atoms with Gasteiger partial charge < -0.3 is 35.9 Å². The van der Waals surface area contributed by atoms with Crippen LogP contribution in [0.3, 0.4) is 0 Å². The van der Waals surface area contributed by atoms with Gasteiger partial charge in [0, 0.05) is 0 Å². The molecule has 0 amide bonds. The minimum Gasteiger partial charge on any atom is -1.00 e. The van der Waals surface area contributed by atoms with Crippen LogP contribution in [0.2, 0.25) is 0 Å². The molecule has 0 aromatic heterocycles. The third kappa shape index (κ3) is 7.60. The van der Waals surface area contributed by atoms with Crippen molar-refractivity contribution in [2.75, 3.05) is 48.8 Å². The summed E-state index contributed by atoms with van der Waals surface area (Å²) < 4.78 is 21.4. The number of rotatable bonds is 12. The van der Waals surface area contributed by atoms with Crippen LogP contribution in [-0.4, -0.2) is 28.4 Å². The third-order valence-electron chi connectivity index (χ3n) is 5.55. The molecule has 0 spiro atoms. The lowest BCUT2D eigenvalue weighted by Crippen LogP contribution is -3.00. The van der Waals surface area contributed by atoms with Crippen LogP contribution < -0.4 is 56.3 Å². The summed E-state index contributed by atoms with van der Waals surface area (Å²) in [5, 5.41) is 14.8. The fraction of sp³-hybridized carbons (Fsp3) is 0.143. The largest absolute Gasteiger partial charge is 1.00 e. The summed E-state index contributed by atoms with van der Waals surface area (Å²) in [5.74, 6) is 3.13. The van der Waals surface area contributed by atoms with E-state index in [9.17, 15) is 0 Å². The predicted molar refractivity (Wildman–Crippen MR) is 153 cm³/mol. The van der Waals surface area contributed by atoms with Crippen LogP contribution >= 0.6 is 7.87 Å². The summed E-state index contributed by atoms with van der Waals surface area (Å²) in [7, 11) is 3.98. The van der Waals surface area contributed by atoms with Crippen LogP contribution in [0.15, 0.2) is 97.1 Å². The summed E-state index contributed by atoms with van der Waals surface area (Å²) in [6.07, 6.45) is 0. The van der Waals surface area contributed by atoms with Crippen LogP contribution in [0.5, 0.6) is 23.0 Å². The Labute approximate surface area is 235 Å². The topological polar surface area (TPSA) is 85.0 Å². The van der Waals surface area contributed by atoms with E-state index in [2.05, 4.69) is 20.3 Å². The van der Waals surface area contributed by atoms with Gasteiger partial charge in [-0.3, -0.25) is 0 Å². The van der Waals surface area contributed by atoms with Crippen molar-refractivity contribution in [2.24, 2.45) is 0 Å². The van der Waals surface area contributed by atoms with Crippen LogP contribution in [-0.2, 0) is 0 Å². The zero-order valence-electron chi connectivity index (χ0n) is 21.7. The molecule has 8 nitrogen and oxygen atoms in total. The minimum atomic E-state index is -2.64. The van der Waals surface area contributed by atoms with Crippen molar-refractivity contribution in [1.29, 1.82) is 0 Å². The molecule has 200 valence electrons. The normalized spacial score (nSPS) is 10.4. The molecular formula is C28H32BrN4O4P. The first-order valence-electron chi connectivity index (χ1n) is 11.6. The number of benzene rings is 4. The Bertz CT molecular complexity index is 1050. The number of methoxy groups -OCH3 is 4. The van der Waals surface area contributed by atoms with Gasteiger partial charge in [0.25, 0.3) is 0 Å². The molecule has 4 aromatic carbocycles. The van der Waals surface area contributed by atoms with E-state index < -0.39 is 7.87 Å². The summed E-state index contributed by atoms with van der Waals surface area (Å²) in [6, 6.07) is 31.2. The first-order valence-corrected chi connectivity index (χ1v) is 13.4. The standard InChI is InChI=1S/C28H32N4O4P.BrH/c1-33-25-13-5-21(6-14-25)29-37(30-22-7-15-26(34-2)16-8-22,31-23-9-17-27(35-3)18-10-23)32-24-11-19-28(36-4)20-12-24;/h5-20,29-32H,1-4H3;1H/q+1;/p-1.